The van der Waals surface area contributed by atoms with Crippen LogP contribution in [-0.4, -0.2) is 23.9 Å². The molecule has 1 amide bonds. The first-order valence-corrected chi connectivity index (χ1v) is 8.80. The van der Waals surface area contributed by atoms with E-state index in [1.54, 1.807) is 6.07 Å². The maximum absolute atomic E-state index is 12.1. The molecule has 0 aliphatic rings. The summed E-state index contributed by atoms with van der Waals surface area (Å²) in [7, 11) is -4.39. The van der Waals surface area contributed by atoms with Crippen LogP contribution in [0, 0.1) is 0 Å². The number of aromatic amines is 1. The fraction of sp³-hybridized carbons (Fsp3) is 0.118. The molecule has 0 aliphatic carbocycles. The van der Waals surface area contributed by atoms with Crippen molar-refractivity contribution < 1.29 is 17.8 Å². The van der Waals surface area contributed by atoms with Crippen LogP contribution in [0.2, 0.25) is 0 Å². The Hall–Kier alpha value is -2.64. The number of hydrogen-bond donors (Lipinski definition) is 3. The van der Waals surface area contributed by atoms with Crippen LogP contribution in [0.15, 0.2) is 59.6 Å². The van der Waals surface area contributed by atoms with E-state index in [1.165, 1.54) is 18.2 Å². The van der Waals surface area contributed by atoms with E-state index >= 15 is 0 Å². The lowest BCUT2D eigenvalue weighted by molar-refractivity contribution is -0.116. The Morgan fingerprint density at radius 2 is 1.79 bits per heavy atom. The normalized spacial score (nSPS) is 11.5. The summed E-state index contributed by atoms with van der Waals surface area (Å²) in [5.74, 6) is -0.323. The number of anilines is 1. The predicted octanol–water partition coefficient (Wildman–Crippen LogP) is 2.99. The van der Waals surface area contributed by atoms with E-state index in [2.05, 4.69) is 10.3 Å². The van der Waals surface area contributed by atoms with Crippen molar-refractivity contribution in [2.45, 2.75) is 17.7 Å². The number of H-pyrrole nitrogens is 1. The van der Waals surface area contributed by atoms with E-state index in [1.807, 2.05) is 30.5 Å². The number of fused-ring (bicyclic) bond motifs is 1. The van der Waals surface area contributed by atoms with Crippen molar-refractivity contribution in [2.75, 3.05) is 5.32 Å². The van der Waals surface area contributed by atoms with E-state index in [-0.39, 0.29) is 22.9 Å². The first-order valence-electron chi connectivity index (χ1n) is 7.36. The molecule has 1 aromatic heterocycles. The molecule has 1 heterocycles. The molecule has 7 heteroatoms. The monoisotopic (exact) mass is 344 g/mol. The average molecular weight is 344 g/mol. The van der Waals surface area contributed by atoms with Gasteiger partial charge in [-0.3, -0.25) is 9.35 Å². The van der Waals surface area contributed by atoms with Gasteiger partial charge in [-0.15, -0.1) is 0 Å². The minimum Gasteiger partial charge on any atom is -0.361 e. The highest BCUT2D eigenvalue weighted by molar-refractivity contribution is 7.86. The molecule has 0 bridgehead atoms. The third-order valence-corrected chi connectivity index (χ3v) is 4.65. The number of amides is 1. The summed E-state index contributed by atoms with van der Waals surface area (Å²) in [6, 6.07) is 13.5. The zero-order valence-electron chi connectivity index (χ0n) is 12.7. The van der Waals surface area contributed by atoms with Gasteiger partial charge in [0.25, 0.3) is 10.1 Å². The summed E-state index contributed by atoms with van der Waals surface area (Å²) in [4.78, 5) is 15.0. The zero-order valence-corrected chi connectivity index (χ0v) is 13.5. The minimum atomic E-state index is -4.39. The molecule has 0 aliphatic heterocycles. The number of aryl methyl sites for hydroxylation is 1. The van der Waals surface area contributed by atoms with E-state index in [0.29, 0.717) is 6.42 Å². The fourth-order valence-electron chi connectivity index (χ4n) is 2.59. The van der Waals surface area contributed by atoms with Crippen LogP contribution < -0.4 is 5.32 Å². The molecule has 0 atom stereocenters. The molecule has 3 N–H and O–H groups in total. The fourth-order valence-corrected chi connectivity index (χ4v) is 3.24. The lowest BCUT2D eigenvalue weighted by Gasteiger charge is -2.08. The average Bonchev–Trinajstić information content (AvgIpc) is 2.96. The lowest BCUT2D eigenvalue weighted by Crippen LogP contribution is -2.15. The molecule has 2 aromatic carbocycles. The number of aromatic nitrogens is 1. The summed E-state index contributed by atoms with van der Waals surface area (Å²) in [6.45, 7) is 0. The van der Waals surface area contributed by atoms with Crippen LogP contribution in [0.5, 0.6) is 0 Å². The number of carbonyl (C=O) groups excluding carboxylic acids is 1. The molecule has 124 valence electrons. The van der Waals surface area contributed by atoms with Crippen LogP contribution in [0.25, 0.3) is 10.9 Å². The minimum absolute atomic E-state index is 0.0731. The number of para-hydroxylation sites is 2. The van der Waals surface area contributed by atoms with Crippen LogP contribution >= 0.6 is 0 Å². The van der Waals surface area contributed by atoms with Crippen LogP contribution in [-0.2, 0) is 21.3 Å². The highest BCUT2D eigenvalue weighted by Crippen LogP contribution is 2.22. The van der Waals surface area contributed by atoms with Gasteiger partial charge in [0.05, 0.1) is 5.69 Å². The number of rotatable bonds is 5. The number of nitrogens with one attached hydrogen (secondary N) is 2. The van der Waals surface area contributed by atoms with Gasteiger partial charge in [0.2, 0.25) is 5.91 Å². The second-order valence-corrected chi connectivity index (χ2v) is 6.77. The molecule has 0 saturated heterocycles. The summed E-state index contributed by atoms with van der Waals surface area (Å²) < 4.78 is 31.9. The zero-order chi connectivity index (χ0) is 17.2. The van der Waals surface area contributed by atoms with Gasteiger partial charge in [0, 0.05) is 23.5 Å². The summed E-state index contributed by atoms with van der Waals surface area (Å²) in [5, 5.41) is 3.60. The summed E-state index contributed by atoms with van der Waals surface area (Å²) in [5.41, 5.74) is 2.09. The Balaban J connectivity index is 1.71. The molecule has 3 rings (SSSR count). The third-order valence-electron chi connectivity index (χ3n) is 3.74. The smallest absolute Gasteiger partial charge is 0.296 e. The third kappa shape index (κ3) is 3.47. The largest absolute Gasteiger partial charge is 0.361 e. The van der Waals surface area contributed by atoms with Gasteiger partial charge in [0.1, 0.15) is 4.90 Å². The van der Waals surface area contributed by atoms with Crippen molar-refractivity contribution in [3.05, 3.63) is 60.3 Å². The quantitative estimate of drug-likeness (QED) is 0.620. The second-order valence-electron chi connectivity index (χ2n) is 5.38. The molecule has 3 aromatic rings. The molecule has 0 radical (unpaired) electrons. The summed E-state index contributed by atoms with van der Waals surface area (Å²) >= 11 is 0. The Morgan fingerprint density at radius 1 is 1.08 bits per heavy atom. The van der Waals surface area contributed by atoms with Gasteiger partial charge in [0.15, 0.2) is 0 Å². The van der Waals surface area contributed by atoms with Crippen molar-refractivity contribution in [1.29, 1.82) is 0 Å². The van der Waals surface area contributed by atoms with Crippen molar-refractivity contribution in [3.8, 4) is 0 Å². The SMILES string of the molecule is O=C(CCc1c[nH]c2ccccc12)Nc1ccccc1S(=O)(=O)O. The van der Waals surface area contributed by atoms with E-state index in [0.717, 1.165) is 16.5 Å². The number of hydrogen-bond acceptors (Lipinski definition) is 3. The summed E-state index contributed by atoms with van der Waals surface area (Å²) in [6.07, 6.45) is 2.58. The predicted molar refractivity (Wildman–Crippen MR) is 91.5 cm³/mol. The molecular formula is C17H16N2O4S. The Morgan fingerprint density at radius 3 is 2.58 bits per heavy atom. The molecule has 0 spiro atoms. The van der Waals surface area contributed by atoms with Gasteiger partial charge in [-0.1, -0.05) is 30.3 Å². The molecule has 24 heavy (non-hydrogen) atoms. The maximum atomic E-state index is 12.1. The van der Waals surface area contributed by atoms with E-state index < -0.39 is 10.1 Å². The van der Waals surface area contributed by atoms with Crippen LogP contribution in [0.1, 0.15) is 12.0 Å². The topological polar surface area (TPSA) is 99.3 Å². The van der Waals surface area contributed by atoms with Crippen LogP contribution in [0.3, 0.4) is 0 Å². The van der Waals surface area contributed by atoms with Crippen LogP contribution in [0.4, 0.5) is 5.69 Å². The van der Waals surface area contributed by atoms with Crippen molar-refractivity contribution in [2.24, 2.45) is 0 Å². The van der Waals surface area contributed by atoms with Gasteiger partial charge < -0.3 is 10.3 Å². The molecule has 6 nitrogen and oxygen atoms in total. The van der Waals surface area contributed by atoms with Crippen molar-refractivity contribution in [1.82, 2.24) is 4.98 Å². The highest BCUT2D eigenvalue weighted by Gasteiger charge is 2.16. The number of benzene rings is 2. The van der Waals surface area contributed by atoms with Crippen molar-refractivity contribution in [3.63, 3.8) is 0 Å². The first kappa shape index (κ1) is 16.2. The number of carbonyl (C=O) groups is 1. The highest BCUT2D eigenvalue weighted by atomic mass is 32.2. The Labute approximate surface area is 139 Å². The first-order chi connectivity index (χ1) is 11.4. The molecule has 0 saturated carbocycles. The van der Waals surface area contributed by atoms with Gasteiger partial charge in [-0.2, -0.15) is 8.42 Å². The maximum Gasteiger partial charge on any atom is 0.296 e. The van der Waals surface area contributed by atoms with Gasteiger partial charge >= 0.3 is 0 Å². The van der Waals surface area contributed by atoms with E-state index in [9.17, 15) is 17.8 Å². The lowest BCUT2D eigenvalue weighted by atomic mass is 10.1. The molecular weight excluding hydrogens is 328 g/mol. The molecule has 0 fully saturated rings. The van der Waals surface area contributed by atoms with E-state index in [4.69, 9.17) is 0 Å². The standard InChI is InChI=1S/C17H16N2O4S/c20-17(19-15-7-3-4-8-16(15)24(21,22)23)10-9-12-11-18-14-6-2-1-5-13(12)14/h1-8,11,18H,9-10H2,(H,19,20)(H,21,22,23). The van der Waals surface area contributed by atoms with Gasteiger partial charge in [-0.25, -0.2) is 0 Å². The second kappa shape index (κ2) is 6.46. The van der Waals surface area contributed by atoms with Crippen molar-refractivity contribution >= 4 is 32.6 Å². The Kier molecular flexibility index (Phi) is 4.37. The molecule has 0 unspecified atom stereocenters. The van der Waals surface area contributed by atoms with Gasteiger partial charge in [-0.05, 0) is 30.2 Å². The Bertz CT molecular complexity index is 993.